The van der Waals surface area contributed by atoms with E-state index in [0.717, 1.165) is 11.3 Å². The molecule has 1 aromatic rings. The number of carboxylic acids is 1. The van der Waals surface area contributed by atoms with Gasteiger partial charge in [-0.2, -0.15) is 0 Å². The summed E-state index contributed by atoms with van der Waals surface area (Å²) in [4.78, 5) is 24.6. The summed E-state index contributed by atoms with van der Waals surface area (Å²) in [6, 6.07) is 0.524. The van der Waals surface area contributed by atoms with Gasteiger partial charge in [0.05, 0.1) is 12.8 Å². The molecule has 0 fully saturated rings. The predicted octanol–water partition coefficient (Wildman–Crippen LogP) is 2.23. The van der Waals surface area contributed by atoms with Crippen LogP contribution in [0.25, 0.3) is 0 Å². The zero-order valence-corrected chi connectivity index (χ0v) is 12.3. The highest BCUT2D eigenvalue weighted by Crippen LogP contribution is 2.11. The Labute approximate surface area is 118 Å². The molecule has 0 unspecified atom stereocenters. The number of amides is 2. The first kappa shape index (κ1) is 16.1. The lowest BCUT2D eigenvalue weighted by molar-refractivity contribution is -0.139. The Balaban J connectivity index is 2.59. The Bertz CT molecular complexity index is 467. The molecule has 0 aliphatic rings. The minimum Gasteiger partial charge on any atom is -0.480 e. The lowest BCUT2D eigenvalue weighted by atomic mass is 10.0. The summed E-state index contributed by atoms with van der Waals surface area (Å²) < 4.78 is 5.16. The average molecular weight is 282 g/mol. The van der Waals surface area contributed by atoms with Crippen LogP contribution >= 0.6 is 0 Å². The fraction of sp³-hybridized carbons (Fsp3) is 0.571. The molecule has 20 heavy (non-hydrogen) atoms. The molecule has 0 saturated heterocycles. The Kier molecular flexibility index (Phi) is 5.61. The van der Waals surface area contributed by atoms with Crippen molar-refractivity contribution in [2.75, 3.05) is 7.05 Å². The monoisotopic (exact) mass is 282 g/mol. The predicted molar refractivity (Wildman–Crippen MR) is 74.3 cm³/mol. The van der Waals surface area contributed by atoms with E-state index in [1.807, 2.05) is 20.8 Å². The second-order valence-corrected chi connectivity index (χ2v) is 5.33. The van der Waals surface area contributed by atoms with E-state index in [2.05, 4.69) is 5.32 Å². The number of urea groups is 1. The van der Waals surface area contributed by atoms with Gasteiger partial charge in [0.15, 0.2) is 0 Å². The van der Waals surface area contributed by atoms with Crippen LogP contribution in [0.5, 0.6) is 0 Å². The molecule has 2 N–H and O–H groups in total. The average Bonchev–Trinajstić information content (AvgIpc) is 2.73. The first-order valence-electron chi connectivity index (χ1n) is 6.58. The van der Waals surface area contributed by atoms with Crippen LogP contribution < -0.4 is 5.32 Å². The maximum atomic E-state index is 12.0. The standard InChI is InChI=1S/C14H22N2O4/c1-9(2)7-12(13(17)18)15-14(19)16(4)8-11-5-6-20-10(11)3/h5-6,9,12H,7-8H2,1-4H3,(H,15,19)(H,17,18)/t12-/m1/s1. The summed E-state index contributed by atoms with van der Waals surface area (Å²) in [5, 5.41) is 11.6. The lowest BCUT2D eigenvalue weighted by Gasteiger charge is -2.22. The fourth-order valence-electron chi connectivity index (χ4n) is 1.85. The number of carbonyl (C=O) groups excluding carboxylic acids is 1. The summed E-state index contributed by atoms with van der Waals surface area (Å²) in [7, 11) is 1.62. The molecule has 0 saturated carbocycles. The highest BCUT2D eigenvalue weighted by Gasteiger charge is 2.23. The van der Waals surface area contributed by atoms with Crippen molar-refractivity contribution in [3.63, 3.8) is 0 Å². The van der Waals surface area contributed by atoms with Gasteiger partial charge < -0.3 is 19.7 Å². The number of aliphatic carboxylic acids is 1. The molecule has 1 aromatic heterocycles. The third-order valence-corrected chi connectivity index (χ3v) is 3.02. The van der Waals surface area contributed by atoms with Crippen molar-refractivity contribution in [1.82, 2.24) is 10.2 Å². The number of nitrogens with zero attached hydrogens (tertiary/aromatic N) is 1. The van der Waals surface area contributed by atoms with E-state index in [1.54, 1.807) is 19.4 Å². The third-order valence-electron chi connectivity index (χ3n) is 3.02. The second kappa shape index (κ2) is 6.98. The van der Waals surface area contributed by atoms with Gasteiger partial charge in [0.2, 0.25) is 0 Å². The quantitative estimate of drug-likeness (QED) is 0.838. The Morgan fingerprint density at radius 2 is 2.10 bits per heavy atom. The number of hydrogen-bond donors (Lipinski definition) is 2. The van der Waals surface area contributed by atoms with Gasteiger partial charge in [0, 0.05) is 12.6 Å². The Morgan fingerprint density at radius 3 is 2.55 bits per heavy atom. The summed E-state index contributed by atoms with van der Waals surface area (Å²) in [5.74, 6) is -0.0700. The molecular weight excluding hydrogens is 260 g/mol. The maximum Gasteiger partial charge on any atom is 0.326 e. The van der Waals surface area contributed by atoms with Gasteiger partial charge in [-0.05, 0) is 25.3 Å². The molecule has 112 valence electrons. The van der Waals surface area contributed by atoms with E-state index in [1.165, 1.54) is 4.90 Å². The van der Waals surface area contributed by atoms with E-state index in [4.69, 9.17) is 9.52 Å². The number of aryl methyl sites for hydroxylation is 1. The van der Waals surface area contributed by atoms with Crippen LogP contribution in [-0.4, -0.2) is 35.1 Å². The van der Waals surface area contributed by atoms with E-state index >= 15 is 0 Å². The van der Waals surface area contributed by atoms with Gasteiger partial charge >= 0.3 is 12.0 Å². The van der Waals surface area contributed by atoms with E-state index in [-0.39, 0.29) is 5.92 Å². The highest BCUT2D eigenvalue weighted by molar-refractivity contribution is 5.82. The molecule has 0 bridgehead atoms. The van der Waals surface area contributed by atoms with Gasteiger partial charge in [-0.3, -0.25) is 0 Å². The molecule has 1 heterocycles. The summed E-state index contributed by atoms with van der Waals surface area (Å²) in [6.07, 6.45) is 1.97. The molecule has 6 heteroatoms. The number of carbonyl (C=O) groups is 2. The number of furan rings is 1. The van der Waals surface area contributed by atoms with Crippen LogP contribution in [0.4, 0.5) is 4.79 Å². The first-order chi connectivity index (χ1) is 9.31. The van der Waals surface area contributed by atoms with Gasteiger partial charge in [-0.25, -0.2) is 9.59 Å². The molecule has 6 nitrogen and oxygen atoms in total. The van der Waals surface area contributed by atoms with Crippen molar-refractivity contribution in [2.45, 2.75) is 39.8 Å². The highest BCUT2D eigenvalue weighted by atomic mass is 16.4. The fourth-order valence-corrected chi connectivity index (χ4v) is 1.85. The van der Waals surface area contributed by atoms with Crippen LogP contribution in [0.15, 0.2) is 16.7 Å². The van der Waals surface area contributed by atoms with Crippen molar-refractivity contribution < 1.29 is 19.1 Å². The van der Waals surface area contributed by atoms with Crippen LogP contribution in [0.2, 0.25) is 0 Å². The van der Waals surface area contributed by atoms with Crippen molar-refractivity contribution >= 4 is 12.0 Å². The molecule has 0 spiro atoms. The van der Waals surface area contributed by atoms with Crippen LogP contribution in [0.3, 0.4) is 0 Å². The Morgan fingerprint density at radius 1 is 1.45 bits per heavy atom. The molecular formula is C14H22N2O4. The zero-order valence-electron chi connectivity index (χ0n) is 12.3. The van der Waals surface area contributed by atoms with Crippen molar-refractivity contribution in [1.29, 1.82) is 0 Å². The SMILES string of the molecule is Cc1occc1CN(C)C(=O)N[C@H](CC(C)C)C(=O)O. The number of carboxylic acid groups (broad SMARTS) is 1. The molecule has 0 radical (unpaired) electrons. The van der Waals surface area contributed by atoms with Gasteiger partial charge in [-0.15, -0.1) is 0 Å². The molecule has 0 aromatic carbocycles. The van der Waals surface area contributed by atoms with Crippen molar-refractivity contribution in [2.24, 2.45) is 5.92 Å². The normalized spacial score (nSPS) is 12.2. The van der Waals surface area contributed by atoms with Gasteiger partial charge in [0.25, 0.3) is 0 Å². The molecule has 2 amide bonds. The number of nitrogens with one attached hydrogen (secondary N) is 1. The van der Waals surface area contributed by atoms with Gasteiger partial charge in [0.1, 0.15) is 11.8 Å². The lowest BCUT2D eigenvalue weighted by Crippen LogP contribution is -2.47. The maximum absolute atomic E-state index is 12.0. The van der Waals surface area contributed by atoms with E-state index in [9.17, 15) is 9.59 Å². The van der Waals surface area contributed by atoms with Crippen LogP contribution in [-0.2, 0) is 11.3 Å². The smallest absolute Gasteiger partial charge is 0.326 e. The Hall–Kier alpha value is -1.98. The van der Waals surface area contributed by atoms with Gasteiger partial charge in [-0.1, -0.05) is 13.8 Å². The number of rotatable bonds is 6. The van der Waals surface area contributed by atoms with Crippen LogP contribution in [0.1, 0.15) is 31.6 Å². The summed E-state index contributed by atoms with van der Waals surface area (Å²) in [6.45, 7) is 6.03. The van der Waals surface area contributed by atoms with Crippen molar-refractivity contribution in [3.05, 3.63) is 23.7 Å². The number of hydrogen-bond acceptors (Lipinski definition) is 3. The summed E-state index contributed by atoms with van der Waals surface area (Å²) in [5.41, 5.74) is 0.901. The van der Waals surface area contributed by atoms with E-state index < -0.39 is 18.0 Å². The molecule has 0 aliphatic heterocycles. The topological polar surface area (TPSA) is 82.8 Å². The minimum atomic E-state index is -1.01. The molecule has 1 atom stereocenters. The molecule has 0 aliphatic carbocycles. The summed E-state index contributed by atoms with van der Waals surface area (Å²) >= 11 is 0. The minimum absolute atomic E-state index is 0.192. The first-order valence-corrected chi connectivity index (χ1v) is 6.58. The van der Waals surface area contributed by atoms with E-state index in [0.29, 0.717) is 13.0 Å². The van der Waals surface area contributed by atoms with Crippen molar-refractivity contribution in [3.8, 4) is 0 Å². The largest absolute Gasteiger partial charge is 0.480 e. The molecule has 1 rings (SSSR count). The zero-order chi connectivity index (χ0) is 15.3. The van der Waals surface area contributed by atoms with Crippen LogP contribution in [0, 0.1) is 12.8 Å². The second-order valence-electron chi connectivity index (χ2n) is 5.33. The third kappa shape index (κ3) is 4.60.